The van der Waals surface area contributed by atoms with Gasteiger partial charge < -0.3 is 5.32 Å². The molecule has 0 saturated carbocycles. The fourth-order valence-electron chi connectivity index (χ4n) is 3.52. The molecule has 0 spiro atoms. The Kier molecular flexibility index (Phi) is 4.67. The zero-order valence-corrected chi connectivity index (χ0v) is 13.0. The first-order valence-electron chi connectivity index (χ1n) is 7.85. The molecule has 1 aliphatic rings. The van der Waals surface area contributed by atoms with Crippen LogP contribution in [-0.2, 0) is 11.8 Å². The molecule has 0 fully saturated rings. The molecule has 106 valence electrons. The number of benzene rings is 1. The fourth-order valence-corrected chi connectivity index (χ4v) is 3.52. The van der Waals surface area contributed by atoms with Crippen molar-refractivity contribution in [1.82, 2.24) is 5.32 Å². The summed E-state index contributed by atoms with van der Waals surface area (Å²) in [6.07, 6.45) is 3.92. The van der Waals surface area contributed by atoms with Crippen LogP contribution in [0.25, 0.3) is 0 Å². The molecule has 1 unspecified atom stereocenters. The van der Waals surface area contributed by atoms with E-state index in [9.17, 15) is 0 Å². The van der Waals surface area contributed by atoms with E-state index < -0.39 is 0 Å². The number of hydrogen-bond donors (Lipinski definition) is 1. The Bertz CT molecular complexity index is 408. The Morgan fingerprint density at radius 1 is 1.16 bits per heavy atom. The van der Waals surface area contributed by atoms with Crippen molar-refractivity contribution in [3.63, 3.8) is 0 Å². The van der Waals surface area contributed by atoms with Crippen molar-refractivity contribution in [3.05, 3.63) is 35.4 Å². The SMILES string of the molecule is CC(C)CNCC1(C(C)C)CCCc2ccccc21. The van der Waals surface area contributed by atoms with Crippen molar-refractivity contribution in [2.24, 2.45) is 11.8 Å². The summed E-state index contributed by atoms with van der Waals surface area (Å²) in [4.78, 5) is 0. The maximum atomic E-state index is 3.72. The quantitative estimate of drug-likeness (QED) is 0.837. The Hall–Kier alpha value is -0.820. The smallest absolute Gasteiger partial charge is 0.0103 e. The highest BCUT2D eigenvalue weighted by atomic mass is 14.9. The summed E-state index contributed by atoms with van der Waals surface area (Å²) < 4.78 is 0. The van der Waals surface area contributed by atoms with Crippen LogP contribution in [0, 0.1) is 11.8 Å². The molecule has 1 heteroatoms. The topological polar surface area (TPSA) is 12.0 Å². The van der Waals surface area contributed by atoms with Gasteiger partial charge in [0.1, 0.15) is 0 Å². The highest BCUT2D eigenvalue weighted by Crippen LogP contribution is 2.42. The summed E-state index contributed by atoms with van der Waals surface area (Å²) in [6, 6.07) is 9.10. The number of hydrogen-bond acceptors (Lipinski definition) is 1. The second kappa shape index (κ2) is 6.09. The number of aryl methyl sites for hydroxylation is 1. The standard InChI is InChI=1S/C18H29N/c1-14(2)12-19-13-18(15(3)4)11-7-9-16-8-5-6-10-17(16)18/h5-6,8,10,14-15,19H,7,9,11-13H2,1-4H3. The molecule has 1 aromatic rings. The van der Waals surface area contributed by atoms with Crippen LogP contribution in [0.5, 0.6) is 0 Å². The van der Waals surface area contributed by atoms with Gasteiger partial charge >= 0.3 is 0 Å². The van der Waals surface area contributed by atoms with Crippen LogP contribution in [-0.4, -0.2) is 13.1 Å². The largest absolute Gasteiger partial charge is 0.316 e. The molecule has 1 nitrogen and oxygen atoms in total. The minimum Gasteiger partial charge on any atom is -0.316 e. The molecule has 0 heterocycles. The molecule has 19 heavy (non-hydrogen) atoms. The summed E-state index contributed by atoms with van der Waals surface area (Å²) in [5.74, 6) is 1.41. The van der Waals surface area contributed by atoms with Crippen LogP contribution < -0.4 is 5.32 Å². The molecule has 0 saturated heterocycles. The van der Waals surface area contributed by atoms with E-state index in [4.69, 9.17) is 0 Å². The van der Waals surface area contributed by atoms with Crippen LogP contribution in [0.4, 0.5) is 0 Å². The van der Waals surface area contributed by atoms with E-state index in [2.05, 4.69) is 57.3 Å². The van der Waals surface area contributed by atoms with E-state index in [-0.39, 0.29) is 0 Å². The monoisotopic (exact) mass is 259 g/mol. The molecule has 2 rings (SSSR count). The molecule has 0 aliphatic heterocycles. The summed E-state index contributed by atoms with van der Waals surface area (Å²) in [6.45, 7) is 11.6. The zero-order valence-electron chi connectivity index (χ0n) is 13.0. The Labute approximate surface area is 118 Å². The van der Waals surface area contributed by atoms with Crippen molar-refractivity contribution in [2.45, 2.75) is 52.4 Å². The van der Waals surface area contributed by atoms with Gasteiger partial charge in [-0.3, -0.25) is 0 Å². The van der Waals surface area contributed by atoms with Gasteiger partial charge in [-0.25, -0.2) is 0 Å². The van der Waals surface area contributed by atoms with E-state index in [1.807, 2.05) is 0 Å². The molecule has 0 bridgehead atoms. The first kappa shape index (κ1) is 14.6. The Morgan fingerprint density at radius 3 is 2.58 bits per heavy atom. The minimum atomic E-state index is 0.337. The molecule has 1 aromatic carbocycles. The molecule has 0 amide bonds. The van der Waals surface area contributed by atoms with Crippen LogP contribution in [0.1, 0.15) is 51.7 Å². The van der Waals surface area contributed by atoms with E-state index in [1.165, 1.54) is 19.3 Å². The fraction of sp³-hybridized carbons (Fsp3) is 0.667. The van der Waals surface area contributed by atoms with Gasteiger partial charge in [-0.1, -0.05) is 52.0 Å². The Balaban J connectivity index is 2.25. The van der Waals surface area contributed by atoms with Crippen LogP contribution in [0.15, 0.2) is 24.3 Å². The van der Waals surface area contributed by atoms with E-state index in [0.29, 0.717) is 11.3 Å². The van der Waals surface area contributed by atoms with Gasteiger partial charge in [-0.05, 0) is 48.8 Å². The first-order chi connectivity index (χ1) is 9.06. The second-order valence-electron chi connectivity index (χ2n) is 6.85. The summed E-state index contributed by atoms with van der Waals surface area (Å²) >= 11 is 0. The lowest BCUT2D eigenvalue weighted by Crippen LogP contribution is -2.45. The highest BCUT2D eigenvalue weighted by molar-refractivity contribution is 5.37. The third-order valence-electron chi connectivity index (χ3n) is 4.72. The molecule has 1 atom stereocenters. The molecule has 1 N–H and O–H groups in total. The maximum Gasteiger partial charge on any atom is 0.0103 e. The first-order valence-corrected chi connectivity index (χ1v) is 7.85. The van der Waals surface area contributed by atoms with Gasteiger partial charge in [0.05, 0.1) is 0 Å². The normalized spacial score (nSPS) is 22.8. The summed E-state index contributed by atoms with van der Waals surface area (Å²) in [5.41, 5.74) is 3.52. The van der Waals surface area contributed by atoms with Crippen molar-refractivity contribution in [2.75, 3.05) is 13.1 Å². The van der Waals surface area contributed by atoms with Crippen molar-refractivity contribution in [3.8, 4) is 0 Å². The Morgan fingerprint density at radius 2 is 1.89 bits per heavy atom. The van der Waals surface area contributed by atoms with Gasteiger partial charge in [-0.15, -0.1) is 0 Å². The molecule has 0 aromatic heterocycles. The molecular weight excluding hydrogens is 230 g/mol. The lowest BCUT2D eigenvalue weighted by atomic mass is 9.64. The van der Waals surface area contributed by atoms with E-state index in [0.717, 1.165) is 19.0 Å². The summed E-state index contributed by atoms with van der Waals surface area (Å²) in [5, 5.41) is 3.72. The van der Waals surface area contributed by atoms with Crippen molar-refractivity contribution in [1.29, 1.82) is 0 Å². The van der Waals surface area contributed by atoms with Gasteiger partial charge in [-0.2, -0.15) is 0 Å². The van der Waals surface area contributed by atoms with Crippen molar-refractivity contribution >= 4 is 0 Å². The zero-order chi connectivity index (χ0) is 13.9. The van der Waals surface area contributed by atoms with Gasteiger partial charge in [0.2, 0.25) is 0 Å². The lowest BCUT2D eigenvalue weighted by molar-refractivity contribution is 0.248. The van der Waals surface area contributed by atoms with Gasteiger partial charge in [0.25, 0.3) is 0 Å². The van der Waals surface area contributed by atoms with Gasteiger partial charge in [0, 0.05) is 12.0 Å². The maximum absolute atomic E-state index is 3.72. The predicted octanol–water partition coefficient (Wildman–Crippen LogP) is 4.16. The lowest BCUT2D eigenvalue weighted by Gasteiger charge is -2.43. The number of fused-ring (bicyclic) bond motifs is 1. The average molecular weight is 259 g/mol. The highest BCUT2D eigenvalue weighted by Gasteiger charge is 2.38. The van der Waals surface area contributed by atoms with Crippen molar-refractivity contribution < 1.29 is 0 Å². The third-order valence-corrected chi connectivity index (χ3v) is 4.72. The average Bonchev–Trinajstić information content (AvgIpc) is 2.38. The number of nitrogens with one attached hydrogen (secondary N) is 1. The molecule has 0 radical (unpaired) electrons. The third kappa shape index (κ3) is 3.02. The molecular formula is C18H29N. The van der Waals surface area contributed by atoms with E-state index >= 15 is 0 Å². The van der Waals surface area contributed by atoms with Crippen LogP contribution in [0.2, 0.25) is 0 Å². The molecule has 1 aliphatic carbocycles. The summed E-state index contributed by atoms with van der Waals surface area (Å²) in [7, 11) is 0. The van der Waals surface area contributed by atoms with Crippen LogP contribution >= 0.6 is 0 Å². The van der Waals surface area contributed by atoms with Gasteiger partial charge in [0.15, 0.2) is 0 Å². The van der Waals surface area contributed by atoms with Crippen LogP contribution in [0.3, 0.4) is 0 Å². The minimum absolute atomic E-state index is 0.337. The second-order valence-corrected chi connectivity index (χ2v) is 6.85. The predicted molar refractivity (Wildman–Crippen MR) is 83.6 cm³/mol. The number of rotatable bonds is 5. The van der Waals surface area contributed by atoms with E-state index in [1.54, 1.807) is 11.1 Å².